The van der Waals surface area contributed by atoms with Gasteiger partial charge < -0.3 is 19.5 Å². The summed E-state index contributed by atoms with van der Waals surface area (Å²) in [6, 6.07) is 0. The van der Waals surface area contributed by atoms with Crippen LogP contribution in [0.4, 0.5) is 19.0 Å². The van der Waals surface area contributed by atoms with E-state index in [0.29, 0.717) is 0 Å². The molecule has 4 heterocycles. The molecule has 2 saturated heterocycles. The summed E-state index contributed by atoms with van der Waals surface area (Å²) in [6.45, 7) is -0.718. The van der Waals surface area contributed by atoms with E-state index < -0.39 is 50.0 Å². The number of imidazole rings is 1. The van der Waals surface area contributed by atoms with Crippen molar-refractivity contribution in [2.75, 3.05) is 12.3 Å². The molecule has 2 aliphatic heterocycles. The average molecular weight is 439 g/mol. The lowest BCUT2D eigenvalue weighted by molar-refractivity contribution is -0.204. The second kappa shape index (κ2) is 6.85. The van der Waals surface area contributed by atoms with Crippen molar-refractivity contribution in [3.05, 3.63) is 12.7 Å². The molecule has 14 heteroatoms. The first-order chi connectivity index (χ1) is 13.2. The Kier molecular flexibility index (Phi) is 4.88. The number of fused-ring (bicyclic) bond motifs is 2. The second-order valence-corrected chi connectivity index (χ2v) is 9.61. The summed E-state index contributed by atoms with van der Waals surface area (Å²) < 4.78 is 66.1. The van der Waals surface area contributed by atoms with Crippen molar-refractivity contribution in [3.63, 3.8) is 0 Å². The van der Waals surface area contributed by atoms with Crippen molar-refractivity contribution < 1.29 is 31.5 Å². The van der Waals surface area contributed by atoms with Gasteiger partial charge in [0.2, 0.25) is 0 Å². The minimum absolute atomic E-state index is 0.0681. The molecular weight excluding hydrogens is 422 g/mol. The van der Waals surface area contributed by atoms with Gasteiger partial charge in [-0.1, -0.05) is 0 Å². The molecule has 0 aliphatic carbocycles. The maximum Gasteiger partial charge on any atom is 0.328 e. The first-order valence-corrected chi connectivity index (χ1v) is 10.9. The number of nitrogens with zero attached hydrogens (tertiary/aromatic N) is 4. The van der Waals surface area contributed by atoms with Crippen LogP contribution in [0.25, 0.3) is 11.2 Å². The number of aromatic nitrogens is 4. The van der Waals surface area contributed by atoms with E-state index in [0.717, 1.165) is 6.33 Å². The third-order valence-electron chi connectivity index (χ3n) is 4.44. The molecule has 5 atom stereocenters. The van der Waals surface area contributed by atoms with Crippen molar-refractivity contribution in [2.45, 2.75) is 50.5 Å². The van der Waals surface area contributed by atoms with Gasteiger partial charge in [0.05, 0.1) is 19.0 Å². The molecule has 0 radical (unpaired) electrons. The number of anilines is 1. The molecule has 2 aliphatic rings. The molecular formula is C14H17F3N5O4PS. The predicted molar refractivity (Wildman–Crippen MR) is 94.8 cm³/mol. The zero-order valence-corrected chi connectivity index (χ0v) is 16.4. The number of halogens is 3. The summed E-state index contributed by atoms with van der Waals surface area (Å²) in [4.78, 5) is 11.8. The summed E-state index contributed by atoms with van der Waals surface area (Å²) in [7, 11) is 0. The van der Waals surface area contributed by atoms with Crippen molar-refractivity contribution in [1.82, 2.24) is 19.5 Å². The highest BCUT2D eigenvalue weighted by Crippen LogP contribution is 2.62. The van der Waals surface area contributed by atoms with Gasteiger partial charge in [0.1, 0.15) is 17.9 Å². The number of hydrogen-bond donors (Lipinski definition) is 1. The first kappa shape index (κ1) is 19.9. The van der Waals surface area contributed by atoms with Crippen molar-refractivity contribution in [2.24, 2.45) is 0 Å². The highest BCUT2D eigenvalue weighted by molar-refractivity contribution is 8.07. The highest BCUT2D eigenvalue weighted by Gasteiger charge is 2.67. The second-order valence-electron chi connectivity index (χ2n) is 6.69. The Morgan fingerprint density at radius 1 is 1.39 bits per heavy atom. The van der Waals surface area contributed by atoms with Crippen LogP contribution in [0.1, 0.15) is 20.1 Å². The lowest BCUT2D eigenvalue weighted by atomic mass is 9.97. The van der Waals surface area contributed by atoms with Gasteiger partial charge in [-0.25, -0.2) is 28.1 Å². The van der Waals surface area contributed by atoms with Gasteiger partial charge in [0, 0.05) is 0 Å². The topological polar surface area (TPSA) is 107 Å². The standard InChI is InChI=1S/C14H17F3N5O4PS/c1-6(2)25-27(28)23-3-14(13(16)17)9(26-27)7(15)12(24-14)22-5-21-8-10(18)19-4-20-11(8)22/h4-7,9,12-13H,3H2,1-2H3,(H2,18,19,20). The molecule has 4 rings (SSSR count). The fraction of sp³-hybridized carbons (Fsp3) is 0.643. The molecule has 2 N–H and O–H groups in total. The first-order valence-electron chi connectivity index (χ1n) is 8.31. The van der Waals surface area contributed by atoms with Gasteiger partial charge in [0.15, 0.2) is 29.5 Å². The minimum Gasteiger partial charge on any atom is -0.382 e. The molecule has 0 aromatic carbocycles. The van der Waals surface area contributed by atoms with Gasteiger partial charge in [0.25, 0.3) is 6.43 Å². The van der Waals surface area contributed by atoms with Crippen molar-refractivity contribution in [3.8, 4) is 0 Å². The molecule has 5 unspecified atom stereocenters. The Bertz CT molecular complexity index is 949. The van der Waals surface area contributed by atoms with E-state index in [-0.39, 0.29) is 17.0 Å². The summed E-state index contributed by atoms with van der Waals surface area (Å²) in [5, 5.41) is 0. The molecule has 2 fully saturated rings. The number of ether oxygens (including phenoxy) is 1. The van der Waals surface area contributed by atoms with E-state index in [1.165, 1.54) is 10.9 Å². The van der Waals surface area contributed by atoms with Crippen molar-refractivity contribution in [1.29, 1.82) is 0 Å². The Hall–Kier alpha value is -1.37. The Balaban J connectivity index is 1.73. The molecule has 9 nitrogen and oxygen atoms in total. The van der Waals surface area contributed by atoms with E-state index in [1.54, 1.807) is 13.8 Å². The van der Waals surface area contributed by atoms with E-state index >= 15 is 4.39 Å². The minimum atomic E-state index is -3.41. The molecule has 2 aromatic rings. The fourth-order valence-electron chi connectivity index (χ4n) is 3.21. The van der Waals surface area contributed by atoms with Crippen molar-refractivity contribution >= 4 is 35.5 Å². The zero-order chi connectivity index (χ0) is 20.3. The maximum absolute atomic E-state index is 15.4. The van der Waals surface area contributed by atoms with Crippen LogP contribution in [-0.2, 0) is 30.1 Å². The molecule has 0 saturated carbocycles. The molecule has 0 bridgehead atoms. The molecule has 154 valence electrons. The number of alkyl halides is 3. The number of nitrogen functional groups attached to an aromatic ring is 1. The van der Waals surface area contributed by atoms with Crippen LogP contribution in [0.2, 0.25) is 0 Å². The van der Waals surface area contributed by atoms with Gasteiger partial charge in [-0.05, 0) is 25.7 Å². The quantitative estimate of drug-likeness (QED) is 0.719. The third-order valence-corrected chi connectivity index (χ3v) is 6.89. The van der Waals surface area contributed by atoms with Gasteiger partial charge in [-0.2, -0.15) is 0 Å². The summed E-state index contributed by atoms with van der Waals surface area (Å²) in [6.07, 6.45) is -6.33. The van der Waals surface area contributed by atoms with Crippen LogP contribution in [0.3, 0.4) is 0 Å². The highest BCUT2D eigenvalue weighted by atomic mass is 32.5. The van der Waals surface area contributed by atoms with Gasteiger partial charge in [-0.3, -0.25) is 9.09 Å². The van der Waals surface area contributed by atoms with E-state index in [4.69, 9.17) is 35.8 Å². The van der Waals surface area contributed by atoms with Crippen LogP contribution in [0.15, 0.2) is 12.7 Å². The number of rotatable bonds is 4. The summed E-state index contributed by atoms with van der Waals surface area (Å²) in [5.74, 6) is 0.0681. The van der Waals surface area contributed by atoms with Crippen LogP contribution in [-0.4, -0.2) is 56.5 Å². The lowest BCUT2D eigenvalue weighted by Gasteiger charge is -2.41. The zero-order valence-electron chi connectivity index (χ0n) is 14.7. The van der Waals surface area contributed by atoms with Crippen LogP contribution in [0, 0.1) is 0 Å². The van der Waals surface area contributed by atoms with E-state index in [2.05, 4.69) is 15.0 Å². The van der Waals surface area contributed by atoms with E-state index in [9.17, 15) is 8.78 Å². The lowest BCUT2D eigenvalue weighted by Crippen LogP contribution is -2.55. The van der Waals surface area contributed by atoms with Gasteiger partial charge >= 0.3 is 6.72 Å². The normalized spacial score (nSPS) is 35.8. The largest absolute Gasteiger partial charge is 0.382 e. The SMILES string of the molecule is CC(C)OP1(=S)OCC2(C(F)F)OC(n3cnc4c(N)ncnc43)C(F)C2O1. The van der Waals surface area contributed by atoms with Crippen LogP contribution < -0.4 is 5.73 Å². The monoisotopic (exact) mass is 439 g/mol. The molecule has 0 amide bonds. The molecule has 28 heavy (non-hydrogen) atoms. The molecule has 0 spiro atoms. The summed E-state index contributed by atoms with van der Waals surface area (Å²) >= 11 is 5.20. The van der Waals surface area contributed by atoms with Crippen LogP contribution in [0.5, 0.6) is 0 Å². The van der Waals surface area contributed by atoms with Crippen LogP contribution >= 0.6 is 6.72 Å². The molecule has 2 aromatic heterocycles. The smallest absolute Gasteiger partial charge is 0.328 e. The third kappa shape index (κ3) is 3.01. The van der Waals surface area contributed by atoms with E-state index in [1.807, 2.05) is 0 Å². The Labute approximate surface area is 162 Å². The number of hydrogen-bond acceptors (Lipinski definition) is 9. The Morgan fingerprint density at radius 2 is 2.14 bits per heavy atom. The Morgan fingerprint density at radius 3 is 2.82 bits per heavy atom. The summed E-state index contributed by atoms with van der Waals surface area (Å²) in [5.41, 5.74) is 3.72. The maximum atomic E-state index is 15.4. The number of nitrogens with two attached hydrogens (primary N) is 1. The van der Waals surface area contributed by atoms with Gasteiger partial charge in [-0.15, -0.1) is 0 Å². The predicted octanol–water partition coefficient (Wildman–Crippen LogP) is 2.34. The average Bonchev–Trinajstić information content (AvgIpc) is 3.15. The fourth-order valence-corrected chi connectivity index (χ4v) is 5.78.